The molecule has 0 fully saturated rings. The summed E-state index contributed by atoms with van der Waals surface area (Å²) in [6.45, 7) is 4.52. The molecule has 0 aliphatic rings. The molecule has 0 saturated heterocycles. The Labute approximate surface area is 116 Å². The Balaban J connectivity index is 0.000000861. The number of hydrogen-bond donors (Lipinski definition) is 0. The minimum atomic E-state index is 0.203. The first-order valence-corrected chi connectivity index (χ1v) is 6.79. The Morgan fingerprint density at radius 2 is 1.53 bits per heavy atom. The number of benzene rings is 2. The van der Waals surface area contributed by atoms with E-state index in [1.165, 1.54) is 0 Å². The first kappa shape index (κ1) is 15.4. The molecular formula is C17H24NO+. The molecule has 0 aromatic heterocycles. The van der Waals surface area contributed by atoms with Gasteiger partial charge >= 0.3 is 0 Å². The van der Waals surface area contributed by atoms with Crippen LogP contribution in [0, 0.1) is 0 Å². The van der Waals surface area contributed by atoms with Gasteiger partial charge in [-0.3, -0.25) is 4.79 Å². The lowest BCUT2D eigenvalue weighted by atomic mass is 10.0. The van der Waals surface area contributed by atoms with Crippen LogP contribution >= 0.6 is 0 Å². The van der Waals surface area contributed by atoms with Crippen LogP contribution < -0.4 is 0 Å². The highest BCUT2D eigenvalue weighted by molar-refractivity contribution is 6.08. The Bertz CT molecular complexity index is 547. The number of carbonyl (C=O) groups excluding carboxylic acids is 1. The van der Waals surface area contributed by atoms with Crippen molar-refractivity contribution in [1.82, 2.24) is 0 Å². The zero-order valence-electron chi connectivity index (χ0n) is 12.6. The third kappa shape index (κ3) is 4.18. The van der Waals surface area contributed by atoms with Crippen molar-refractivity contribution in [1.29, 1.82) is 0 Å². The van der Waals surface area contributed by atoms with Crippen molar-refractivity contribution in [3.05, 3.63) is 48.0 Å². The van der Waals surface area contributed by atoms with Crippen LogP contribution in [-0.2, 0) is 0 Å². The van der Waals surface area contributed by atoms with Gasteiger partial charge in [0, 0.05) is 5.56 Å². The molecule has 2 heteroatoms. The van der Waals surface area contributed by atoms with E-state index in [1.54, 1.807) is 0 Å². The summed E-state index contributed by atoms with van der Waals surface area (Å²) in [5.41, 5.74) is 0.830. The lowest BCUT2D eigenvalue weighted by Gasteiger charge is -2.23. The molecule has 2 nitrogen and oxygen atoms in total. The van der Waals surface area contributed by atoms with Gasteiger partial charge in [0.15, 0.2) is 0 Å². The Morgan fingerprint density at radius 3 is 2.16 bits per heavy atom. The summed E-state index contributed by atoms with van der Waals surface area (Å²) in [7, 11) is 6.09. The summed E-state index contributed by atoms with van der Waals surface area (Å²) in [6, 6.07) is 13.9. The van der Waals surface area contributed by atoms with E-state index in [1.807, 2.05) is 77.5 Å². The molecule has 19 heavy (non-hydrogen) atoms. The monoisotopic (exact) mass is 258 g/mol. The fourth-order valence-electron chi connectivity index (χ4n) is 1.98. The van der Waals surface area contributed by atoms with E-state index in [4.69, 9.17) is 0 Å². The van der Waals surface area contributed by atoms with Gasteiger partial charge in [-0.15, -0.1) is 0 Å². The van der Waals surface area contributed by atoms with Gasteiger partial charge in [0.25, 0.3) is 0 Å². The standard InChI is InChI=1S/C15H18NO.C2H6/c1-16(2,3)11-15(17)14-10-6-8-12-7-4-5-9-13(12)14;1-2/h4-10H,11H2,1-3H3;1-2H3/q+1;. The number of carbonyl (C=O) groups is 1. The number of ketones is 1. The van der Waals surface area contributed by atoms with E-state index in [2.05, 4.69) is 0 Å². The smallest absolute Gasteiger partial charge is 0.217 e. The molecule has 0 spiro atoms. The topological polar surface area (TPSA) is 17.1 Å². The van der Waals surface area contributed by atoms with Gasteiger partial charge in [-0.2, -0.15) is 0 Å². The van der Waals surface area contributed by atoms with Gasteiger partial charge in [0.2, 0.25) is 5.78 Å². The lowest BCUT2D eigenvalue weighted by molar-refractivity contribution is -0.861. The maximum Gasteiger partial charge on any atom is 0.217 e. The number of hydrogen-bond acceptors (Lipinski definition) is 1. The molecule has 0 amide bonds. The molecule has 0 atom stereocenters. The Kier molecular flexibility index (Phi) is 5.25. The number of fused-ring (bicyclic) bond motifs is 1. The fraction of sp³-hybridized carbons (Fsp3) is 0.353. The van der Waals surface area contributed by atoms with Crippen LogP contribution in [0.5, 0.6) is 0 Å². The molecule has 0 unspecified atom stereocenters. The van der Waals surface area contributed by atoms with Crippen LogP contribution in [0.25, 0.3) is 10.8 Å². The molecule has 2 rings (SSSR count). The first-order chi connectivity index (χ1) is 8.97. The maximum atomic E-state index is 12.3. The minimum absolute atomic E-state index is 0.203. The molecule has 102 valence electrons. The van der Waals surface area contributed by atoms with E-state index in [0.29, 0.717) is 11.0 Å². The van der Waals surface area contributed by atoms with Crippen LogP contribution in [0.4, 0.5) is 0 Å². The highest BCUT2D eigenvalue weighted by Gasteiger charge is 2.17. The third-order valence-electron chi connectivity index (χ3n) is 2.71. The molecule has 0 radical (unpaired) electrons. The van der Waals surface area contributed by atoms with Crippen LogP contribution in [0.15, 0.2) is 42.5 Å². The van der Waals surface area contributed by atoms with Crippen molar-refractivity contribution in [3.8, 4) is 0 Å². The van der Waals surface area contributed by atoms with Gasteiger partial charge in [-0.1, -0.05) is 56.3 Å². The van der Waals surface area contributed by atoms with Crippen LogP contribution in [0.2, 0.25) is 0 Å². The van der Waals surface area contributed by atoms with Gasteiger partial charge in [-0.25, -0.2) is 0 Å². The normalized spacial score (nSPS) is 10.8. The van der Waals surface area contributed by atoms with Gasteiger partial charge in [0.05, 0.1) is 21.1 Å². The lowest BCUT2D eigenvalue weighted by Crippen LogP contribution is -2.39. The van der Waals surface area contributed by atoms with E-state index in [9.17, 15) is 4.79 Å². The quantitative estimate of drug-likeness (QED) is 0.605. The summed E-state index contributed by atoms with van der Waals surface area (Å²) in [6.07, 6.45) is 0. The Morgan fingerprint density at radius 1 is 0.947 bits per heavy atom. The molecule has 0 aliphatic carbocycles. The van der Waals surface area contributed by atoms with Crippen molar-refractivity contribution < 1.29 is 9.28 Å². The predicted octanol–water partition coefficient (Wildman–Crippen LogP) is 3.75. The van der Waals surface area contributed by atoms with E-state index in [0.717, 1.165) is 16.3 Å². The van der Waals surface area contributed by atoms with E-state index in [-0.39, 0.29) is 5.78 Å². The number of quaternary nitrogens is 1. The SMILES string of the molecule is CC.C[N+](C)(C)CC(=O)c1cccc2ccccc12. The maximum absolute atomic E-state index is 12.3. The third-order valence-corrected chi connectivity index (χ3v) is 2.71. The summed E-state index contributed by atoms with van der Waals surface area (Å²) in [5, 5.41) is 2.17. The number of nitrogens with zero attached hydrogens (tertiary/aromatic N) is 1. The first-order valence-electron chi connectivity index (χ1n) is 6.79. The van der Waals surface area contributed by atoms with Crippen LogP contribution in [0.3, 0.4) is 0 Å². The summed E-state index contributed by atoms with van der Waals surface area (Å²) in [4.78, 5) is 12.3. The average Bonchev–Trinajstić information content (AvgIpc) is 2.38. The second-order valence-corrected chi connectivity index (χ2v) is 5.40. The van der Waals surface area contributed by atoms with Gasteiger partial charge in [-0.05, 0) is 10.8 Å². The highest BCUT2D eigenvalue weighted by atomic mass is 16.1. The number of likely N-dealkylation sites (N-methyl/N-ethyl adjacent to an activating group) is 1. The van der Waals surface area contributed by atoms with Crippen molar-refractivity contribution in [2.24, 2.45) is 0 Å². The zero-order chi connectivity index (χ0) is 14.5. The van der Waals surface area contributed by atoms with Crippen molar-refractivity contribution in [2.75, 3.05) is 27.7 Å². The van der Waals surface area contributed by atoms with Crippen LogP contribution in [0.1, 0.15) is 24.2 Å². The van der Waals surface area contributed by atoms with E-state index >= 15 is 0 Å². The summed E-state index contributed by atoms with van der Waals surface area (Å²) < 4.78 is 0.655. The Hall–Kier alpha value is -1.67. The number of rotatable bonds is 3. The zero-order valence-corrected chi connectivity index (χ0v) is 12.6. The van der Waals surface area contributed by atoms with Crippen molar-refractivity contribution >= 4 is 16.6 Å². The van der Waals surface area contributed by atoms with Gasteiger partial charge in [0.1, 0.15) is 6.54 Å². The predicted molar refractivity (Wildman–Crippen MR) is 82.5 cm³/mol. The minimum Gasteiger partial charge on any atom is -0.324 e. The molecule has 0 N–H and O–H groups in total. The van der Waals surface area contributed by atoms with Crippen molar-refractivity contribution in [3.63, 3.8) is 0 Å². The molecule has 0 heterocycles. The molecule has 0 aliphatic heterocycles. The molecule has 0 saturated carbocycles. The van der Waals surface area contributed by atoms with Gasteiger partial charge < -0.3 is 4.48 Å². The average molecular weight is 258 g/mol. The highest BCUT2D eigenvalue weighted by Crippen LogP contribution is 2.19. The number of Topliss-reactive ketones (excluding diaryl/α,β-unsaturated/α-hetero) is 1. The largest absolute Gasteiger partial charge is 0.324 e. The summed E-state index contributed by atoms with van der Waals surface area (Å²) in [5.74, 6) is 0.203. The molecule has 0 bridgehead atoms. The van der Waals surface area contributed by atoms with Crippen molar-refractivity contribution in [2.45, 2.75) is 13.8 Å². The summed E-state index contributed by atoms with van der Waals surface area (Å²) >= 11 is 0. The fourth-order valence-corrected chi connectivity index (χ4v) is 1.98. The second-order valence-electron chi connectivity index (χ2n) is 5.40. The molecule has 2 aromatic rings. The molecule has 2 aromatic carbocycles. The molecular weight excluding hydrogens is 234 g/mol. The van der Waals surface area contributed by atoms with E-state index < -0.39 is 0 Å². The second kappa shape index (κ2) is 6.48. The van der Waals surface area contributed by atoms with Crippen LogP contribution in [-0.4, -0.2) is 38.0 Å².